The molecule has 0 radical (unpaired) electrons. The average Bonchev–Trinajstić information content (AvgIpc) is 3.12. The largest absolute Gasteiger partial charge is 0.440 e. The molecule has 6 nitrogen and oxygen atoms in total. The lowest BCUT2D eigenvalue weighted by molar-refractivity contribution is -0.120. The van der Waals surface area contributed by atoms with E-state index in [1.54, 1.807) is 0 Å². The zero-order valence-electron chi connectivity index (χ0n) is 14.1. The van der Waals surface area contributed by atoms with Gasteiger partial charge in [-0.15, -0.1) is 11.8 Å². The van der Waals surface area contributed by atoms with Crippen molar-refractivity contribution in [1.82, 2.24) is 5.43 Å². The number of amides is 1. The minimum atomic E-state index is -0.236. The molecule has 2 aromatic rings. The molecular weight excluding hydrogens is 338 g/mol. The molecule has 25 heavy (non-hydrogen) atoms. The Bertz CT molecular complexity index is 711. The van der Waals surface area contributed by atoms with Crippen LogP contribution < -0.4 is 10.3 Å². The van der Waals surface area contributed by atoms with Crippen molar-refractivity contribution in [1.29, 1.82) is 0 Å². The number of hydrogen-bond donors (Lipinski definition) is 1. The van der Waals surface area contributed by atoms with Gasteiger partial charge in [0.1, 0.15) is 5.76 Å². The first-order valence-corrected chi connectivity index (χ1v) is 9.07. The summed E-state index contributed by atoms with van der Waals surface area (Å²) < 4.78 is 11.1. The molecule has 1 atom stereocenters. The lowest BCUT2D eigenvalue weighted by atomic mass is 10.4. The van der Waals surface area contributed by atoms with Gasteiger partial charge in [0.15, 0.2) is 5.88 Å². The van der Waals surface area contributed by atoms with Gasteiger partial charge in [0, 0.05) is 24.1 Å². The fraction of sp³-hybridized carbons (Fsp3) is 0.333. The van der Waals surface area contributed by atoms with Crippen molar-refractivity contribution in [2.45, 2.75) is 17.1 Å². The molecule has 1 N–H and O–H groups in total. The Hall–Kier alpha value is -2.25. The van der Waals surface area contributed by atoms with Gasteiger partial charge in [-0.25, -0.2) is 5.43 Å². The van der Waals surface area contributed by atoms with E-state index in [1.165, 1.54) is 18.0 Å². The van der Waals surface area contributed by atoms with Crippen molar-refractivity contribution in [3.8, 4) is 0 Å². The Kier molecular flexibility index (Phi) is 6.14. The third-order valence-electron chi connectivity index (χ3n) is 3.73. The molecule has 1 aliphatic rings. The number of carbonyl (C=O) groups excluding carboxylic acids is 1. The van der Waals surface area contributed by atoms with Crippen molar-refractivity contribution in [3.05, 3.63) is 48.2 Å². The average molecular weight is 359 g/mol. The molecule has 1 amide bonds. The first-order valence-electron chi connectivity index (χ1n) is 8.19. The van der Waals surface area contributed by atoms with Crippen molar-refractivity contribution >= 4 is 29.8 Å². The Morgan fingerprint density at radius 2 is 2.00 bits per heavy atom. The van der Waals surface area contributed by atoms with Crippen LogP contribution in [0.15, 0.2) is 56.9 Å². The van der Waals surface area contributed by atoms with E-state index in [9.17, 15) is 4.79 Å². The van der Waals surface area contributed by atoms with Crippen molar-refractivity contribution in [2.24, 2.45) is 5.10 Å². The van der Waals surface area contributed by atoms with Crippen LogP contribution in [0.4, 0.5) is 5.88 Å². The van der Waals surface area contributed by atoms with E-state index < -0.39 is 0 Å². The number of thioether (sulfide) groups is 1. The van der Waals surface area contributed by atoms with Gasteiger partial charge in [-0.3, -0.25) is 4.79 Å². The molecule has 0 saturated carbocycles. The van der Waals surface area contributed by atoms with Gasteiger partial charge >= 0.3 is 0 Å². The third kappa shape index (κ3) is 5.11. The van der Waals surface area contributed by atoms with E-state index >= 15 is 0 Å². The second-order valence-corrected chi connectivity index (χ2v) is 7.00. The van der Waals surface area contributed by atoms with E-state index in [0.29, 0.717) is 19.0 Å². The van der Waals surface area contributed by atoms with Crippen LogP contribution in [0.2, 0.25) is 0 Å². The van der Waals surface area contributed by atoms with E-state index in [0.717, 1.165) is 23.9 Å². The van der Waals surface area contributed by atoms with Crippen LogP contribution in [0, 0.1) is 0 Å². The highest BCUT2D eigenvalue weighted by Crippen LogP contribution is 2.22. The number of carbonyl (C=O) groups is 1. The highest BCUT2D eigenvalue weighted by Gasteiger charge is 2.15. The van der Waals surface area contributed by atoms with Crippen LogP contribution >= 0.6 is 11.8 Å². The Morgan fingerprint density at radius 3 is 2.76 bits per heavy atom. The SMILES string of the molecule is C[C@H](Sc1ccccc1)C(=O)N/N=C\c1ccc(N2CCOCC2)o1. The monoisotopic (exact) mass is 359 g/mol. The number of benzene rings is 1. The summed E-state index contributed by atoms with van der Waals surface area (Å²) in [6, 6.07) is 13.6. The van der Waals surface area contributed by atoms with E-state index in [1.807, 2.05) is 49.4 Å². The fourth-order valence-corrected chi connectivity index (χ4v) is 3.25. The number of hydrogen-bond acceptors (Lipinski definition) is 6. The number of ether oxygens (including phenoxy) is 1. The zero-order valence-corrected chi connectivity index (χ0v) is 14.9. The quantitative estimate of drug-likeness (QED) is 0.488. The van der Waals surface area contributed by atoms with Gasteiger partial charge in [-0.1, -0.05) is 18.2 Å². The molecule has 1 saturated heterocycles. The van der Waals surface area contributed by atoms with E-state index in [4.69, 9.17) is 9.15 Å². The number of nitrogens with zero attached hydrogens (tertiary/aromatic N) is 2. The van der Waals surface area contributed by atoms with Crippen molar-refractivity contribution < 1.29 is 13.9 Å². The standard InChI is InChI=1S/C18H21N3O3S/c1-14(25-16-5-3-2-4-6-16)18(22)20-19-13-15-7-8-17(24-15)21-9-11-23-12-10-21/h2-8,13-14H,9-12H2,1H3,(H,20,22)/b19-13-/t14-/m0/s1. The molecule has 1 aromatic carbocycles. The van der Waals surface area contributed by atoms with E-state index in [2.05, 4.69) is 15.4 Å². The summed E-state index contributed by atoms with van der Waals surface area (Å²) >= 11 is 1.49. The summed E-state index contributed by atoms with van der Waals surface area (Å²) in [5, 5.41) is 3.75. The molecule has 132 valence electrons. The zero-order chi connectivity index (χ0) is 17.5. The smallest absolute Gasteiger partial charge is 0.253 e. The first-order chi connectivity index (χ1) is 12.2. The van der Waals surface area contributed by atoms with Crippen LogP contribution in [0.5, 0.6) is 0 Å². The number of rotatable bonds is 6. The van der Waals surface area contributed by atoms with Gasteiger partial charge in [0.05, 0.1) is 24.7 Å². The molecule has 7 heteroatoms. The fourth-order valence-electron chi connectivity index (χ4n) is 2.37. The Balaban J connectivity index is 1.49. The highest BCUT2D eigenvalue weighted by molar-refractivity contribution is 8.00. The number of anilines is 1. The maximum absolute atomic E-state index is 12.1. The van der Waals surface area contributed by atoms with Crippen LogP contribution in [0.1, 0.15) is 12.7 Å². The van der Waals surface area contributed by atoms with Gasteiger partial charge < -0.3 is 14.1 Å². The van der Waals surface area contributed by atoms with Gasteiger partial charge in [-0.05, 0) is 25.1 Å². The molecular formula is C18H21N3O3S. The minimum Gasteiger partial charge on any atom is -0.440 e. The first kappa shape index (κ1) is 17.6. The molecule has 2 heterocycles. The molecule has 1 aromatic heterocycles. The maximum atomic E-state index is 12.1. The molecule has 0 aliphatic carbocycles. The molecule has 1 aliphatic heterocycles. The van der Waals surface area contributed by atoms with Crippen LogP contribution in [0.3, 0.4) is 0 Å². The number of nitrogens with one attached hydrogen (secondary N) is 1. The Labute approximate surface area is 151 Å². The van der Waals surface area contributed by atoms with E-state index in [-0.39, 0.29) is 11.2 Å². The van der Waals surface area contributed by atoms with Crippen LogP contribution in [-0.4, -0.2) is 43.7 Å². The van der Waals surface area contributed by atoms with Gasteiger partial charge in [0.2, 0.25) is 0 Å². The second kappa shape index (κ2) is 8.73. The molecule has 0 unspecified atom stereocenters. The molecule has 0 spiro atoms. The predicted octanol–water partition coefficient (Wildman–Crippen LogP) is 2.75. The summed E-state index contributed by atoms with van der Waals surface area (Å²) in [5.74, 6) is 1.25. The lowest BCUT2D eigenvalue weighted by Gasteiger charge is -2.26. The second-order valence-electron chi connectivity index (χ2n) is 5.58. The predicted molar refractivity (Wildman–Crippen MR) is 99.2 cm³/mol. The summed E-state index contributed by atoms with van der Waals surface area (Å²) in [4.78, 5) is 15.3. The van der Waals surface area contributed by atoms with Crippen LogP contribution in [0.25, 0.3) is 0 Å². The van der Waals surface area contributed by atoms with Crippen LogP contribution in [-0.2, 0) is 9.53 Å². The van der Waals surface area contributed by atoms with Gasteiger partial charge in [0.25, 0.3) is 5.91 Å². The number of hydrazone groups is 1. The number of morpholine rings is 1. The number of furan rings is 1. The normalized spacial score (nSPS) is 16.1. The lowest BCUT2D eigenvalue weighted by Crippen LogP contribution is -2.35. The third-order valence-corrected chi connectivity index (χ3v) is 4.84. The van der Waals surface area contributed by atoms with Crippen molar-refractivity contribution in [2.75, 3.05) is 31.2 Å². The molecule has 1 fully saturated rings. The van der Waals surface area contributed by atoms with Crippen molar-refractivity contribution in [3.63, 3.8) is 0 Å². The maximum Gasteiger partial charge on any atom is 0.253 e. The van der Waals surface area contributed by atoms with Gasteiger partial charge in [-0.2, -0.15) is 5.10 Å². The topological polar surface area (TPSA) is 67.1 Å². The molecule has 0 bridgehead atoms. The summed E-state index contributed by atoms with van der Waals surface area (Å²) in [7, 11) is 0. The minimum absolute atomic E-state index is 0.148. The highest BCUT2D eigenvalue weighted by atomic mass is 32.2. The molecule has 3 rings (SSSR count). The summed E-state index contributed by atoms with van der Waals surface area (Å²) in [5.41, 5.74) is 2.56. The summed E-state index contributed by atoms with van der Waals surface area (Å²) in [6.45, 7) is 4.89. The Morgan fingerprint density at radius 1 is 1.24 bits per heavy atom. The summed E-state index contributed by atoms with van der Waals surface area (Å²) in [6.07, 6.45) is 1.52.